The molecule has 1 aliphatic rings. The topological polar surface area (TPSA) is 97.4 Å². The number of halogens is 1. The molecule has 1 aliphatic carbocycles. The standard InChI is InChI=1S/C19H20ClN3O4S/c1-10(17(25)23-15-8-7-12(20)9-21-15)27-19(26)16-13-5-3-4-6-14(13)28-18(16)22-11(2)24/h7-10H,3-6H2,1-2H3,(H,22,24)(H,21,23,25). The van der Waals surface area contributed by atoms with Gasteiger partial charge in [-0.15, -0.1) is 11.3 Å². The number of aryl methyl sites for hydroxylation is 1. The van der Waals surface area contributed by atoms with Crippen molar-refractivity contribution >= 4 is 51.5 Å². The van der Waals surface area contributed by atoms with Crippen molar-refractivity contribution in [1.82, 2.24) is 4.98 Å². The van der Waals surface area contributed by atoms with Crippen molar-refractivity contribution in [3.63, 3.8) is 0 Å². The lowest BCUT2D eigenvalue weighted by molar-refractivity contribution is -0.123. The second kappa shape index (κ2) is 8.70. The Hall–Kier alpha value is -2.45. The molecule has 148 valence electrons. The molecule has 3 rings (SSSR count). The lowest BCUT2D eigenvalue weighted by Gasteiger charge is -2.16. The second-order valence-corrected chi connectivity index (χ2v) is 8.04. The lowest BCUT2D eigenvalue weighted by Crippen LogP contribution is -2.30. The van der Waals surface area contributed by atoms with Gasteiger partial charge in [0.05, 0.1) is 10.6 Å². The summed E-state index contributed by atoms with van der Waals surface area (Å²) in [4.78, 5) is 41.7. The van der Waals surface area contributed by atoms with Crippen LogP contribution in [0, 0.1) is 0 Å². The molecule has 0 bridgehead atoms. The van der Waals surface area contributed by atoms with Crippen molar-refractivity contribution in [2.45, 2.75) is 45.6 Å². The molecule has 0 saturated carbocycles. The van der Waals surface area contributed by atoms with Gasteiger partial charge in [0.1, 0.15) is 10.8 Å². The number of amides is 2. The summed E-state index contributed by atoms with van der Waals surface area (Å²) in [5.41, 5.74) is 1.27. The van der Waals surface area contributed by atoms with Crippen LogP contribution in [0.25, 0.3) is 0 Å². The molecular formula is C19H20ClN3O4S. The van der Waals surface area contributed by atoms with Crippen molar-refractivity contribution < 1.29 is 19.1 Å². The van der Waals surface area contributed by atoms with Crippen LogP contribution >= 0.6 is 22.9 Å². The average Bonchev–Trinajstić information content (AvgIpc) is 3.00. The van der Waals surface area contributed by atoms with Crippen LogP contribution in [0.2, 0.25) is 5.02 Å². The van der Waals surface area contributed by atoms with Crippen molar-refractivity contribution in [2.75, 3.05) is 10.6 Å². The summed E-state index contributed by atoms with van der Waals surface area (Å²) in [6, 6.07) is 3.15. The summed E-state index contributed by atoms with van der Waals surface area (Å²) in [7, 11) is 0. The number of anilines is 2. The van der Waals surface area contributed by atoms with Gasteiger partial charge in [-0.1, -0.05) is 11.6 Å². The van der Waals surface area contributed by atoms with Gasteiger partial charge in [0.15, 0.2) is 6.10 Å². The number of fused-ring (bicyclic) bond motifs is 1. The summed E-state index contributed by atoms with van der Waals surface area (Å²) in [5.74, 6) is -1.07. The number of carbonyl (C=O) groups excluding carboxylic acids is 3. The predicted molar refractivity (Wildman–Crippen MR) is 108 cm³/mol. The molecule has 28 heavy (non-hydrogen) atoms. The highest BCUT2D eigenvalue weighted by atomic mass is 35.5. The zero-order valence-electron chi connectivity index (χ0n) is 15.5. The van der Waals surface area contributed by atoms with Crippen molar-refractivity contribution in [3.8, 4) is 0 Å². The van der Waals surface area contributed by atoms with Gasteiger partial charge in [-0.2, -0.15) is 0 Å². The molecule has 1 atom stereocenters. The lowest BCUT2D eigenvalue weighted by atomic mass is 9.95. The third-order valence-corrected chi connectivity index (χ3v) is 5.73. The van der Waals surface area contributed by atoms with Crippen LogP contribution in [0.15, 0.2) is 18.3 Å². The monoisotopic (exact) mass is 421 g/mol. The number of nitrogens with one attached hydrogen (secondary N) is 2. The Balaban J connectivity index is 1.74. The molecule has 0 aliphatic heterocycles. The van der Waals surface area contributed by atoms with E-state index in [0.717, 1.165) is 36.1 Å². The van der Waals surface area contributed by atoms with Crippen LogP contribution in [0.3, 0.4) is 0 Å². The SMILES string of the molecule is CC(=O)Nc1sc2c(c1C(=O)OC(C)C(=O)Nc1ccc(Cl)cn1)CCCC2. The van der Waals surface area contributed by atoms with Crippen LogP contribution in [-0.2, 0) is 27.2 Å². The summed E-state index contributed by atoms with van der Waals surface area (Å²) >= 11 is 7.17. The number of thiophene rings is 1. The molecule has 0 saturated heterocycles. The van der Waals surface area contributed by atoms with E-state index in [9.17, 15) is 14.4 Å². The number of carbonyl (C=O) groups is 3. The van der Waals surface area contributed by atoms with E-state index < -0.39 is 18.0 Å². The van der Waals surface area contributed by atoms with Crippen LogP contribution < -0.4 is 10.6 Å². The molecule has 1 unspecified atom stereocenters. The van der Waals surface area contributed by atoms with Gasteiger partial charge >= 0.3 is 5.97 Å². The predicted octanol–water partition coefficient (Wildman–Crippen LogP) is 3.82. The molecule has 2 heterocycles. The number of esters is 1. The zero-order valence-corrected chi connectivity index (χ0v) is 17.1. The number of hydrogen-bond donors (Lipinski definition) is 2. The fourth-order valence-corrected chi connectivity index (χ4v) is 4.42. The zero-order chi connectivity index (χ0) is 20.3. The molecule has 2 aromatic heterocycles. The van der Waals surface area contributed by atoms with Gasteiger partial charge in [-0.25, -0.2) is 9.78 Å². The summed E-state index contributed by atoms with van der Waals surface area (Å²) in [6.07, 6.45) is 4.03. The fourth-order valence-electron chi connectivity index (χ4n) is 2.98. The van der Waals surface area contributed by atoms with Gasteiger partial charge in [0.2, 0.25) is 5.91 Å². The van der Waals surface area contributed by atoms with Gasteiger partial charge in [0, 0.05) is 18.0 Å². The minimum Gasteiger partial charge on any atom is -0.449 e. The van der Waals surface area contributed by atoms with Crippen molar-refractivity contribution in [3.05, 3.63) is 39.4 Å². The summed E-state index contributed by atoms with van der Waals surface area (Å²) < 4.78 is 5.39. The maximum Gasteiger partial charge on any atom is 0.342 e. The van der Waals surface area contributed by atoms with Gasteiger partial charge in [-0.05, 0) is 50.3 Å². The van der Waals surface area contributed by atoms with Crippen molar-refractivity contribution in [1.29, 1.82) is 0 Å². The van der Waals surface area contributed by atoms with Crippen LogP contribution in [-0.4, -0.2) is 28.9 Å². The number of aromatic nitrogens is 1. The average molecular weight is 422 g/mol. The Kier molecular flexibility index (Phi) is 6.31. The first-order valence-electron chi connectivity index (χ1n) is 8.90. The van der Waals surface area contributed by atoms with Crippen molar-refractivity contribution in [2.24, 2.45) is 0 Å². The number of ether oxygens (including phenoxy) is 1. The maximum atomic E-state index is 12.8. The molecule has 0 radical (unpaired) electrons. The maximum absolute atomic E-state index is 12.8. The van der Waals surface area contributed by atoms with E-state index in [-0.39, 0.29) is 5.91 Å². The Morgan fingerprint density at radius 1 is 1.21 bits per heavy atom. The van der Waals surface area contributed by atoms with E-state index in [1.165, 1.54) is 31.4 Å². The van der Waals surface area contributed by atoms with E-state index in [2.05, 4.69) is 15.6 Å². The van der Waals surface area contributed by atoms with Gasteiger partial charge < -0.3 is 15.4 Å². The first kappa shape index (κ1) is 20.3. The molecule has 2 aromatic rings. The number of pyridine rings is 1. The van der Waals surface area contributed by atoms with E-state index in [1.54, 1.807) is 12.1 Å². The first-order valence-corrected chi connectivity index (χ1v) is 10.1. The van der Waals surface area contributed by atoms with E-state index in [0.29, 0.717) is 21.4 Å². The second-order valence-electron chi connectivity index (χ2n) is 6.49. The molecule has 2 N–H and O–H groups in total. The Morgan fingerprint density at radius 2 is 1.96 bits per heavy atom. The number of hydrogen-bond acceptors (Lipinski definition) is 6. The highest BCUT2D eigenvalue weighted by Crippen LogP contribution is 2.38. The smallest absolute Gasteiger partial charge is 0.342 e. The largest absolute Gasteiger partial charge is 0.449 e. The normalized spacial score (nSPS) is 14.0. The first-order chi connectivity index (χ1) is 13.3. The fraction of sp³-hybridized carbons (Fsp3) is 0.368. The highest BCUT2D eigenvalue weighted by molar-refractivity contribution is 7.17. The van der Waals surface area contributed by atoms with E-state index in [1.807, 2.05) is 0 Å². The Labute approximate surface area is 171 Å². The Bertz CT molecular complexity index is 911. The van der Waals surface area contributed by atoms with Crippen LogP contribution in [0.1, 0.15) is 47.5 Å². The minimum atomic E-state index is -1.03. The molecule has 0 aromatic carbocycles. The van der Waals surface area contributed by atoms with Crippen LogP contribution in [0.5, 0.6) is 0 Å². The number of nitrogens with zero attached hydrogens (tertiary/aromatic N) is 1. The molecule has 0 spiro atoms. The van der Waals surface area contributed by atoms with E-state index >= 15 is 0 Å². The minimum absolute atomic E-state index is 0.257. The third-order valence-electron chi connectivity index (χ3n) is 4.30. The molecule has 2 amide bonds. The third kappa shape index (κ3) is 4.69. The van der Waals surface area contributed by atoms with Crippen LogP contribution in [0.4, 0.5) is 10.8 Å². The van der Waals surface area contributed by atoms with E-state index in [4.69, 9.17) is 16.3 Å². The highest BCUT2D eigenvalue weighted by Gasteiger charge is 2.29. The van der Waals surface area contributed by atoms with Gasteiger partial charge in [-0.3, -0.25) is 9.59 Å². The Morgan fingerprint density at radius 3 is 2.64 bits per heavy atom. The molecule has 7 nitrogen and oxygen atoms in total. The molecular weight excluding hydrogens is 402 g/mol. The summed E-state index contributed by atoms with van der Waals surface area (Å²) in [5, 5.41) is 6.22. The molecule has 9 heteroatoms. The summed E-state index contributed by atoms with van der Waals surface area (Å²) in [6.45, 7) is 2.88. The quantitative estimate of drug-likeness (QED) is 0.715. The number of rotatable bonds is 5. The molecule has 0 fully saturated rings. The van der Waals surface area contributed by atoms with Gasteiger partial charge in [0.25, 0.3) is 5.91 Å².